The SMILES string of the molecule is CC(Sc1ncccc1Cl)C(=O)N1CC(=O)Nc2cc(C(F)(F)F)ccc21. The number of nitrogens with one attached hydrogen (secondary N) is 1. The number of alkyl halides is 3. The van der Waals surface area contributed by atoms with Gasteiger partial charge in [-0.2, -0.15) is 13.2 Å². The van der Waals surface area contributed by atoms with Gasteiger partial charge >= 0.3 is 6.18 Å². The van der Waals surface area contributed by atoms with Gasteiger partial charge in [-0.05, 0) is 37.3 Å². The second kappa shape index (κ2) is 7.40. The molecule has 2 amide bonds. The van der Waals surface area contributed by atoms with E-state index in [4.69, 9.17) is 11.6 Å². The average Bonchev–Trinajstić information content (AvgIpc) is 2.61. The van der Waals surface area contributed by atoms with Crippen molar-refractivity contribution in [2.24, 2.45) is 0 Å². The maximum Gasteiger partial charge on any atom is 0.416 e. The molecule has 0 saturated heterocycles. The highest BCUT2D eigenvalue weighted by atomic mass is 35.5. The van der Waals surface area contributed by atoms with Crippen molar-refractivity contribution in [2.75, 3.05) is 16.8 Å². The molecule has 27 heavy (non-hydrogen) atoms. The molecule has 5 nitrogen and oxygen atoms in total. The standard InChI is InChI=1S/C17H13ClF3N3O2S/c1-9(27-15-11(18)3-2-6-22-15)16(26)24-8-14(25)23-12-7-10(17(19,20)21)4-5-13(12)24/h2-7,9H,8H2,1H3,(H,23,25). The molecular weight excluding hydrogens is 403 g/mol. The summed E-state index contributed by atoms with van der Waals surface area (Å²) in [5.41, 5.74) is -0.742. The summed E-state index contributed by atoms with van der Waals surface area (Å²) < 4.78 is 38.7. The van der Waals surface area contributed by atoms with Crippen molar-refractivity contribution in [1.82, 2.24) is 4.98 Å². The van der Waals surface area contributed by atoms with Crippen molar-refractivity contribution >= 4 is 46.6 Å². The number of hydrogen-bond acceptors (Lipinski definition) is 4. The van der Waals surface area contributed by atoms with Gasteiger partial charge in [-0.15, -0.1) is 0 Å². The second-order valence-electron chi connectivity index (χ2n) is 5.75. The van der Waals surface area contributed by atoms with E-state index in [9.17, 15) is 22.8 Å². The van der Waals surface area contributed by atoms with Gasteiger partial charge in [-0.25, -0.2) is 4.98 Å². The predicted molar refractivity (Wildman–Crippen MR) is 97.0 cm³/mol. The normalized spacial score (nSPS) is 15.1. The number of anilines is 2. The third-order valence-electron chi connectivity index (χ3n) is 3.82. The number of fused-ring (bicyclic) bond motifs is 1. The smallest absolute Gasteiger partial charge is 0.323 e. The Morgan fingerprint density at radius 3 is 2.78 bits per heavy atom. The van der Waals surface area contributed by atoms with Gasteiger partial charge in [-0.3, -0.25) is 14.5 Å². The highest BCUT2D eigenvalue weighted by Gasteiger charge is 2.35. The van der Waals surface area contributed by atoms with Crippen LogP contribution < -0.4 is 10.2 Å². The first kappa shape index (κ1) is 19.5. The molecular formula is C17H13ClF3N3O2S. The number of carbonyl (C=O) groups excluding carboxylic acids is 2. The minimum Gasteiger partial charge on any atom is -0.323 e. The number of carbonyl (C=O) groups is 2. The minimum absolute atomic E-state index is 0.0532. The summed E-state index contributed by atoms with van der Waals surface area (Å²) in [5.74, 6) is -0.999. The Morgan fingerprint density at radius 2 is 2.11 bits per heavy atom. The van der Waals surface area contributed by atoms with Crippen LogP contribution in [0.5, 0.6) is 0 Å². The number of halogens is 4. The first-order valence-corrected chi connectivity index (χ1v) is 9.02. The van der Waals surface area contributed by atoms with Crippen LogP contribution in [0.25, 0.3) is 0 Å². The molecule has 1 N–H and O–H groups in total. The van der Waals surface area contributed by atoms with Crippen LogP contribution in [-0.4, -0.2) is 28.6 Å². The van der Waals surface area contributed by atoms with Crippen molar-refractivity contribution in [1.29, 1.82) is 0 Å². The van der Waals surface area contributed by atoms with Crippen LogP contribution in [0.15, 0.2) is 41.6 Å². The summed E-state index contributed by atoms with van der Waals surface area (Å²) in [7, 11) is 0. The lowest BCUT2D eigenvalue weighted by Crippen LogP contribution is -2.45. The fraction of sp³-hybridized carbons (Fsp3) is 0.235. The highest BCUT2D eigenvalue weighted by Crippen LogP contribution is 2.38. The van der Waals surface area contributed by atoms with E-state index in [1.807, 2.05) is 0 Å². The van der Waals surface area contributed by atoms with Gasteiger partial charge in [0, 0.05) is 6.20 Å². The molecule has 1 aliphatic rings. The first-order valence-electron chi connectivity index (χ1n) is 7.76. The number of pyridine rings is 1. The molecule has 1 aromatic heterocycles. The lowest BCUT2D eigenvalue weighted by Gasteiger charge is -2.31. The maximum absolute atomic E-state index is 12.9. The third-order valence-corrected chi connectivity index (χ3v) is 5.34. The van der Waals surface area contributed by atoms with E-state index >= 15 is 0 Å². The molecule has 0 spiro atoms. The fourth-order valence-electron chi connectivity index (χ4n) is 2.56. The summed E-state index contributed by atoms with van der Waals surface area (Å²) in [4.78, 5) is 30.0. The van der Waals surface area contributed by atoms with Gasteiger partial charge in [0.25, 0.3) is 0 Å². The Kier molecular flexibility index (Phi) is 5.34. The predicted octanol–water partition coefficient (Wildman–Crippen LogP) is 4.22. The van der Waals surface area contributed by atoms with Gasteiger partial charge < -0.3 is 5.32 Å². The third kappa shape index (κ3) is 4.19. The molecule has 142 valence electrons. The molecule has 2 aromatic rings. The van der Waals surface area contributed by atoms with Crippen molar-refractivity contribution in [3.8, 4) is 0 Å². The minimum atomic E-state index is -4.55. The number of benzene rings is 1. The van der Waals surface area contributed by atoms with Crippen LogP contribution in [0.4, 0.5) is 24.5 Å². The topological polar surface area (TPSA) is 62.3 Å². The summed E-state index contributed by atoms with van der Waals surface area (Å²) >= 11 is 7.15. The first-order chi connectivity index (χ1) is 12.7. The molecule has 1 atom stereocenters. The summed E-state index contributed by atoms with van der Waals surface area (Å²) in [6, 6.07) is 6.17. The lowest BCUT2D eigenvalue weighted by atomic mass is 10.1. The van der Waals surface area contributed by atoms with Crippen LogP contribution in [0.1, 0.15) is 12.5 Å². The largest absolute Gasteiger partial charge is 0.416 e. The van der Waals surface area contributed by atoms with Crippen molar-refractivity contribution < 1.29 is 22.8 Å². The molecule has 0 fully saturated rings. The number of aromatic nitrogens is 1. The Hall–Kier alpha value is -2.26. The molecule has 1 aromatic carbocycles. The van der Waals surface area contributed by atoms with Gasteiger partial charge in [0.15, 0.2) is 0 Å². The second-order valence-corrected chi connectivity index (χ2v) is 7.49. The molecule has 1 unspecified atom stereocenters. The van der Waals surface area contributed by atoms with Gasteiger partial charge in [0.05, 0.1) is 27.2 Å². The van der Waals surface area contributed by atoms with Crippen molar-refractivity contribution in [3.63, 3.8) is 0 Å². The molecule has 10 heteroatoms. The molecule has 1 aliphatic heterocycles. The van der Waals surface area contributed by atoms with Crippen LogP contribution in [-0.2, 0) is 15.8 Å². The van der Waals surface area contributed by atoms with E-state index < -0.39 is 28.8 Å². The van der Waals surface area contributed by atoms with E-state index in [1.165, 1.54) is 17.2 Å². The zero-order valence-electron chi connectivity index (χ0n) is 13.9. The number of amides is 2. The molecule has 0 bridgehead atoms. The average molecular weight is 416 g/mol. The molecule has 2 heterocycles. The van der Waals surface area contributed by atoms with Crippen LogP contribution in [0.3, 0.4) is 0 Å². The van der Waals surface area contributed by atoms with Crippen LogP contribution in [0.2, 0.25) is 5.02 Å². The van der Waals surface area contributed by atoms with Gasteiger partial charge in [0.2, 0.25) is 11.8 Å². The van der Waals surface area contributed by atoms with Crippen molar-refractivity contribution in [3.05, 3.63) is 47.1 Å². The number of thioether (sulfide) groups is 1. The maximum atomic E-state index is 12.9. The number of rotatable bonds is 3. The van der Waals surface area contributed by atoms with Crippen LogP contribution in [0, 0.1) is 0 Å². The Bertz CT molecular complexity index is 907. The van der Waals surface area contributed by atoms with Gasteiger partial charge in [0.1, 0.15) is 11.6 Å². The lowest BCUT2D eigenvalue weighted by molar-refractivity contribution is -0.137. The summed E-state index contributed by atoms with van der Waals surface area (Å²) in [6.07, 6.45) is -3.02. The zero-order chi connectivity index (χ0) is 19.8. The van der Waals surface area contributed by atoms with Crippen LogP contribution >= 0.6 is 23.4 Å². The summed E-state index contributed by atoms with van der Waals surface area (Å²) in [6.45, 7) is 1.34. The van der Waals surface area contributed by atoms with E-state index in [0.717, 1.165) is 23.9 Å². The monoisotopic (exact) mass is 415 g/mol. The quantitative estimate of drug-likeness (QED) is 0.762. The van der Waals surface area contributed by atoms with E-state index in [-0.39, 0.29) is 17.9 Å². The van der Waals surface area contributed by atoms with Crippen molar-refractivity contribution in [2.45, 2.75) is 23.4 Å². The fourth-order valence-corrected chi connectivity index (χ4v) is 3.68. The molecule has 0 saturated carbocycles. The van der Waals surface area contributed by atoms with Gasteiger partial charge in [-0.1, -0.05) is 23.4 Å². The molecule has 3 rings (SSSR count). The van der Waals surface area contributed by atoms with E-state index in [0.29, 0.717) is 10.0 Å². The number of nitrogens with zero attached hydrogens (tertiary/aromatic N) is 2. The van der Waals surface area contributed by atoms with E-state index in [1.54, 1.807) is 19.1 Å². The Balaban J connectivity index is 1.88. The summed E-state index contributed by atoms with van der Waals surface area (Å²) in [5, 5.41) is 2.56. The molecule has 0 aliphatic carbocycles. The number of hydrogen-bond donors (Lipinski definition) is 1. The van der Waals surface area contributed by atoms with E-state index in [2.05, 4.69) is 10.3 Å². The zero-order valence-corrected chi connectivity index (χ0v) is 15.5. The Labute approximate surface area is 161 Å². The molecule has 0 radical (unpaired) electrons. The Morgan fingerprint density at radius 1 is 1.37 bits per heavy atom. The highest BCUT2D eigenvalue weighted by molar-refractivity contribution is 8.00.